The van der Waals surface area contributed by atoms with Gasteiger partial charge >= 0.3 is 0 Å². The Labute approximate surface area is 248 Å². The van der Waals surface area contributed by atoms with Gasteiger partial charge < -0.3 is 18.9 Å². The van der Waals surface area contributed by atoms with Crippen LogP contribution in [0.2, 0.25) is 0 Å². The lowest BCUT2D eigenvalue weighted by atomic mass is 10.0. The molecular formula is C36H39NO5. The molecule has 0 radical (unpaired) electrons. The lowest BCUT2D eigenvalue weighted by molar-refractivity contribution is -0.189. The Morgan fingerprint density at radius 2 is 1.10 bits per heavy atom. The lowest BCUT2D eigenvalue weighted by Gasteiger charge is -2.31. The zero-order chi connectivity index (χ0) is 28.6. The molecule has 2 aliphatic rings. The highest BCUT2D eigenvalue weighted by molar-refractivity contribution is 5.27. The zero-order valence-corrected chi connectivity index (χ0v) is 24.1. The summed E-state index contributed by atoms with van der Waals surface area (Å²) in [5.41, 5.74) is 4.63. The SMILES string of the molecule is COc1ccc(CCN2OC[C@H]3C(OCc4ccccc4)C(OCc4ccccc4)C(OCc4ccccc4)C32)cc1. The smallest absolute Gasteiger partial charge is 0.118 e. The van der Waals surface area contributed by atoms with E-state index in [9.17, 15) is 0 Å². The van der Waals surface area contributed by atoms with Gasteiger partial charge in [-0.05, 0) is 40.8 Å². The summed E-state index contributed by atoms with van der Waals surface area (Å²) in [6.45, 7) is 2.82. The summed E-state index contributed by atoms with van der Waals surface area (Å²) in [4.78, 5) is 6.36. The van der Waals surface area contributed by atoms with Crippen LogP contribution in [-0.2, 0) is 45.3 Å². The van der Waals surface area contributed by atoms with Crippen LogP contribution in [0, 0.1) is 5.92 Å². The van der Waals surface area contributed by atoms with Crippen molar-refractivity contribution in [3.8, 4) is 5.75 Å². The predicted molar refractivity (Wildman–Crippen MR) is 162 cm³/mol. The fourth-order valence-corrected chi connectivity index (χ4v) is 6.05. The van der Waals surface area contributed by atoms with Gasteiger partial charge in [0.15, 0.2) is 0 Å². The van der Waals surface area contributed by atoms with Crippen molar-refractivity contribution in [2.24, 2.45) is 5.92 Å². The highest BCUT2D eigenvalue weighted by atomic mass is 16.7. The van der Waals surface area contributed by atoms with Gasteiger partial charge in [0, 0.05) is 12.5 Å². The van der Waals surface area contributed by atoms with Crippen molar-refractivity contribution in [3.63, 3.8) is 0 Å². The van der Waals surface area contributed by atoms with Crippen molar-refractivity contribution in [2.45, 2.75) is 50.6 Å². The highest BCUT2D eigenvalue weighted by Gasteiger charge is 2.58. The minimum absolute atomic E-state index is 0.00788. The highest BCUT2D eigenvalue weighted by Crippen LogP contribution is 2.42. The van der Waals surface area contributed by atoms with Crippen LogP contribution in [0.1, 0.15) is 22.3 Å². The fraction of sp³-hybridized carbons (Fsp3) is 0.333. The molecule has 0 spiro atoms. The van der Waals surface area contributed by atoms with E-state index in [1.807, 2.05) is 66.7 Å². The second kappa shape index (κ2) is 14.1. The van der Waals surface area contributed by atoms with Gasteiger partial charge in [-0.25, -0.2) is 0 Å². The van der Waals surface area contributed by atoms with Gasteiger partial charge in [0.1, 0.15) is 18.0 Å². The summed E-state index contributed by atoms with van der Waals surface area (Å²) >= 11 is 0. The van der Waals surface area contributed by atoms with Crippen molar-refractivity contribution >= 4 is 0 Å². The molecule has 4 aromatic rings. The average Bonchev–Trinajstić information content (AvgIpc) is 3.60. The Kier molecular flexibility index (Phi) is 9.60. The minimum atomic E-state index is -0.250. The van der Waals surface area contributed by atoms with Gasteiger partial charge in [0.25, 0.3) is 0 Å². The van der Waals surface area contributed by atoms with E-state index in [-0.39, 0.29) is 30.3 Å². The van der Waals surface area contributed by atoms with E-state index >= 15 is 0 Å². The van der Waals surface area contributed by atoms with E-state index in [4.69, 9.17) is 23.8 Å². The summed E-state index contributed by atoms with van der Waals surface area (Å²) in [7, 11) is 1.69. The van der Waals surface area contributed by atoms with Crippen LogP contribution >= 0.6 is 0 Å². The molecule has 218 valence electrons. The molecule has 1 aliphatic heterocycles. The maximum Gasteiger partial charge on any atom is 0.118 e. The first-order valence-electron chi connectivity index (χ1n) is 14.8. The molecule has 4 aromatic carbocycles. The van der Waals surface area contributed by atoms with Crippen LogP contribution in [0.4, 0.5) is 0 Å². The molecule has 0 N–H and O–H groups in total. The molecular weight excluding hydrogens is 526 g/mol. The first kappa shape index (κ1) is 28.6. The van der Waals surface area contributed by atoms with Crippen molar-refractivity contribution in [3.05, 3.63) is 138 Å². The molecule has 1 saturated carbocycles. The molecule has 6 heteroatoms. The summed E-state index contributed by atoms with van der Waals surface area (Å²) in [5, 5.41) is 2.12. The molecule has 2 fully saturated rings. The summed E-state index contributed by atoms with van der Waals surface area (Å²) in [5.74, 6) is 0.976. The van der Waals surface area contributed by atoms with Gasteiger partial charge in [-0.15, -0.1) is 0 Å². The summed E-state index contributed by atoms with van der Waals surface area (Å²) < 4.78 is 25.5. The van der Waals surface area contributed by atoms with E-state index in [2.05, 4.69) is 53.6 Å². The number of hydrogen-bond acceptors (Lipinski definition) is 6. The number of nitrogens with zero attached hydrogens (tertiary/aromatic N) is 1. The zero-order valence-electron chi connectivity index (χ0n) is 24.1. The van der Waals surface area contributed by atoms with Gasteiger partial charge in [-0.3, -0.25) is 4.84 Å². The number of benzene rings is 4. The maximum absolute atomic E-state index is 6.76. The first-order chi connectivity index (χ1) is 20.8. The van der Waals surface area contributed by atoms with Crippen LogP contribution < -0.4 is 4.74 Å². The molecule has 1 heterocycles. The predicted octanol–water partition coefficient (Wildman–Crippen LogP) is 6.24. The monoisotopic (exact) mass is 565 g/mol. The second-order valence-electron chi connectivity index (χ2n) is 11.0. The molecule has 0 aromatic heterocycles. The van der Waals surface area contributed by atoms with Gasteiger partial charge in [0.2, 0.25) is 0 Å². The molecule has 0 amide bonds. The summed E-state index contributed by atoms with van der Waals surface area (Å²) in [6.07, 6.45) is 0.202. The molecule has 5 atom stereocenters. The van der Waals surface area contributed by atoms with E-state index in [0.717, 1.165) is 35.4 Å². The Bertz CT molecular complexity index is 1350. The Morgan fingerprint density at radius 3 is 1.62 bits per heavy atom. The number of methoxy groups -OCH3 is 1. The quantitative estimate of drug-likeness (QED) is 0.191. The van der Waals surface area contributed by atoms with Crippen LogP contribution in [0.5, 0.6) is 5.75 Å². The number of ether oxygens (including phenoxy) is 4. The topological polar surface area (TPSA) is 49.4 Å². The molecule has 6 rings (SSSR count). The van der Waals surface area contributed by atoms with E-state index in [1.54, 1.807) is 7.11 Å². The Hall–Kier alpha value is -3.52. The van der Waals surface area contributed by atoms with Crippen molar-refractivity contribution < 1.29 is 23.8 Å². The van der Waals surface area contributed by atoms with E-state index in [1.165, 1.54) is 5.56 Å². The third kappa shape index (κ3) is 6.92. The minimum Gasteiger partial charge on any atom is -0.497 e. The normalized spacial score (nSPS) is 23.6. The largest absolute Gasteiger partial charge is 0.497 e. The second-order valence-corrected chi connectivity index (χ2v) is 11.0. The third-order valence-electron chi connectivity index (χ3n) is 8.25. The van der Waals surface area contributed by atoms with Crippen LogP contribution in [0.3, 0.4) is 0 Å². The molecule has 6 nitrogen and oxygen atoms in total. The average molecular weight is 566 g/mol. The molecule has 1 aliphatic carbocycles. The maximum atomic E-state index is 6.76. The Morgan fingerprint density at radius 1 is 0.595 bits per heavy atom. The third-order valence-corrected chi connectivity index (χ3v) is 8.25. The summed E-state index contributed by atoms with van der Waals surface area (Å²) in [6, 6.07) is 39.2. The fourth-order valence-electron chi connectivity index (χ4n) is 6.05. The number of rotatable bonds is 13. The molecule has 4 unspecified atom stereocenters. The Balaban J connectivity index is 1.24. The molecule has 42 heavy (non-hydrogen) atoms. The van der Waals surface area contributed by atoms with Crippen LogP contribution in [0.15, 0.2) is 115 Å². The van der Waals surface area contributed by atoms with Crippen molar-refractivity contribution in [2.75, 3.05) is 20.3 Å². The number of hydroxylamine groups is 2. The van der Waals surface area contributed by atoms with Crippen LogP contribution in [0.25, 0.3) is 0 Å². The van der Waals surface area contributed by atoms with Gasteiger partial charge in [-0.1, -0.05) is 103 Å². The van der Waals surface area contributed by atoms with Gasteiger partial charge in [0.05, 0.1) is 45.7 Å². The van der Waals surface area contributed by atoms with Crippen molar-refractivity contribution in [1.29, 1.82) is 0 Å². The standard InChI is InChI=1S/C36H39NO5/c1-38-31-19-17-27(18-20-31)21-22-37-33-32(26-42-37)34(39-23-28-11-5-2-6-12-28)36(41-25-30-15-9-4-10-16-30)35(33)40-24-29-13-7-3-8-14-29/h2-20,32-36H,21-26H2,1H3/t32-,33?,34?,35?,36?/m1/s1. The van der Waals surface area contributed by atoms with Gasteiger partial charge in [-0.2, -0.15) is 5.06 Å². The number of fused-ring (bicyclic) bond motifs is 1. The van der Waals surface area contributed by atoms with Crippen molar-refractivity contribution in [1.82, 2.24) is 5.06 Å². The lowest BCUT2D eigenvalue weighted by Crippen LogP contribution is -2.45. The van der Waals surface area contributed by atoms with E-state index < -0.39 is 0 Å². The first-order valence-corrected chi connectivity index (χ1v) is 14.8. The van der Waals surface area contributed by atoms with E-state index in [0.29, 0.717) is 26.4 Å². The molecule has 1 saturated heterocycles. The van der Waals surface area contributed by atoms with Crippen LogP contribution in [-0.4, -0.2) is 49.7 Å². The molecule has 0 bridgehead atoms. The number of hydrogen-bond donors (Lipinski definition) is 0.